The SMILES string of the molecule is [C-]#[N+]c1ccc2c(c1)C(C)(C)c1cc(C(C)=NOC(C)=O)ccc1-2. The third-order valence-electron chi connectivity index (χ3n) is 4.52. The van der Waals surface area contributed by atoms with E-state index >= 15 is 0 Å². The lowest BCUT2D eigenvalue weighted by Gasteiger charge is -2.22. The first-order chi connectivity index (χ1) is 11.3. The predicted octanol–water partition coefficient (Wildman–Crippen LogP) is 4.83. The average Bonchev–Trinajstić information content (AvgIpc) is 2.79. The third kappa shape index (κ3) is 2.48. The number of benzene rings is 2. The maximum absolute atomic E-state index is 10.9. The van der Waals surface area contributed by atoms with Gasteiger partial charge in [-0.05, 0) is 40.8 Å². The van der Waals surface area contributed by atoms with Crippen LogP contribution in [-0.4, -0.2) is 11.7 Å². The maximum atomic E-state index is 10.9. The Morgan fingerprint density at radius 2 is 1.71 bits per heavy atom. The fourth-order valence-corrected chi connectivity index (χ4v) is 3.21. The monoisotopic (exact) mass is 318 g/mol. The van der Waals surface area contributed by atoms with Gasteiger partial charge < -0.3 is 4.84 Å². The van der Waals surface area contributed by atoms with Crippen molar-refractivity contribution in [1.82, 2.24) is 0 Å². The van der Waals surface area contributed by atoms with Crippen molar-refractivity contribution >= 4 is 17.4 Å². The lowest BCUT2D eigenvalue weighted by atomic mass is 9.81. The van der Waals surface area contributed by atoms with Crippen molar-refractivity contribution < 1.29 is 9.63 Å². The van der Waals surface area contributed by atoms with Crippen LogP contribution in [0, 0.1) is 6.57 Å². The van der Waals surface area contributed by atoms with E-state index in [0.717, 1.165) is 11.1 Å². The first-order valence-corrected chi connectivity index (χ1v) is 7.74. The van der Waals surface area contributed by atoms with E-state index < -0.39 is 5.97 Å². The molecule has 1 aliphatic rings. The maximum Gasteiger partial charge on any atom is 0.331 e. The summed E-state index contributed by atoms with van der Waals surface area (Å²) in [5, 5.41) is 3.87. The summed E-state index contributed by atoms with van der Waals surface area (Å²) in [6.07, 6.45) is 0. The molecule has 3 rings (SSSR count). The van der Waals surface area contributed by atoms with Gasteiger partial charge in [-0.15, -0.1) is 0 Å². The van der Waals surface area contributed by atoms with Gasteiger partial charge in [0.25, 0.3) is 0 Å². The summed E-state index contributed by atoms with van der Waals surface area (Å²) in [4.78, 5) is 19.2. The molecule has 0 atom stereocenters. The molecule has 0 heterocycles. The molecule has 0 saturated heterocycles. The zero-order valence-corrected chi connectivity index (χ0v) is 14.2. The molecule has 0 spiro atoms. The zero-order chi connectivity index (χ0) is 17.5. The summed E-state index contributed by atoms with van der Waals surface area (Å²) in [7, 11) is 0. The summed E-state index contributed by atoms with van der Waals surface area (Å²) >= 11 is 0. The van der Waals surface area contributed by atoms with Crippen molar-refractivity contribution in [1.29, 1.82) is 0 Å². The van der Waals surface area contributed by atoms with E-state index in [9.17, 15) is 4.79 Å². The lowest BCUT2D eigenvalue weighted by Crippen LogP contribution is -2.15. The van der Waals surface area contributed by atoms with Gasteiger partial charge in [-0.1, -0.05) is 49.3 Å². The van der Waals surface area contributed by atoms with Crippen LogP contribution >= 0.6 is 0 Å². The van der Waals surface area contributed by atoms with Crippen molar-refractivity contribution in [3.05, 3.63) is 64.5 Å². The van der Waals surface area contributed by atoms with E-state index in [4.69, 9.17) is 11.4 Å². The fraction of sp³-hybridized carbons (Fsp3) is 0.250. The molecule has 0 aromatic heterocycles. The van der Waals surface area contributed by atoms with Crippen LogP contribution in [0.5, 0.6) is 0 Å². The molecule has 2 aromatic rings. The normalized spacial score (nSPS) is 14.5. The number of hydrogen-bond donors (Lipinski definition) is 0. The van der Waals surface area contributed by atoms with Gasteiger partial charge in [0.2, 0.25) is 0 Å². The second kappa shape index (κ2) is 5.61. The minimum absolute atomic E-state index is 0.191. The Bertz CT molecular complexity index is 918. The molecule has 24 heavy (non-hydrogen) atoms. The number of fused-ring (bicyclic) bond motifs is 3. The molecule has 0 amide bonds. The largest absolute Gasteiger partial charge is 0.331 e. The van der Waals surface area contributed by atoms with Crippen molar-refractivity contribution in [2.24, 2.45) is 5.16 Å². The Hall–Kier alpha value is -2.93. The highest BCUT2D eigenvalue weighted by atomic mass is 16.7. The number of carbonyl (C=O) groups excluding carboxylic acids is 1. The average molecular weight is 318 g/mol. The molecule has 4 nitrogen and oxygen atoms in total. The van der Waals surface area contributed by atoms with E-state index in [2.05, 4.69) is 36.0 Å². The molecule has 0 unspecified atom stereocenters. The van der Waals surface area contributed by atoms with Gasteiger partial charge in [-0.3, -0.25) is 0 Å². The van der Waals surface area contributed by atoms with Crippen LogP contribution in [0.3, 0.4) is 0 Å². The van der Waals surface area contributed by atoms with Crippen LogP contribution in [0.25, 0.3) is 16.0 Å². The highest BCUT2D eigenvalue weighted by Crippen LogP contribution is 2.49. The van der Waals surface area contributed by atoms with Gasteiger partial charge in [0.05, 0.1) is 12.3 Å². The quantitative estimate of drug-likeness (QED) is 0.344. The highest BCUT2D eigenvalue weighted by molar-refractivity contribution is 6.00. The minimum atomic E-state index is -0.435. The second-order valence-corrected chi connectivity index (χ2v) is 6.49. The van der Waals surface area contributed by atoms with Gasteiger partial charge in [0.1, 0.15) is 0 Å². The Morgan fingerprint density at radius 3 is 2.33 bits per heavy atom. The molecule has 0 saturated carbocycles. The van der Waals surface area contributed by atoms with Crippen LogP contribution in [0.1, 0.15) is 44.4 Å². The Morgan fingerprint density at radius 1 is 1.08 bits per heavy atom. The molecule has 1 aliphatic carbocycles. The first kappa shape index (κ1) is 15.9. The van der Waals surface area contributed by atoms with Crippen LogP contribution in [0.4, 0.5) is 5.69 Å². The summed E-state index contributed by atoms with van der Waals surface area (Å²) in [6, 6.07) is 12.0. The zero-order valence-electron chi connectivity index (χ0n) is 14.2. The topological polar surface area (TPSA) is 43.0 Å². The van der Waals surface area contributed by atoms with E-state index in [0.29, 0.717) is 11.4 Å². The molecule has 2 aromatic carbocycles. The smallest absolute Gasteiger partial charge is 0.318 e. The number of rotatable bonds is 2. The van der Waals surface area contributed by atoms with Crippen LogP contribution in [-0.2, 0) is 15.0 Å². The number of oxime groups is 1. The lowest BCUT2D eigenvalue weighted by molar-refractivity contribution is -0.140. The Kier molecular flexibility index (Phi) is 3.73. The molecule has 120 valence electrons. The van der Waals surface area contributed by atoms with Gasteiger partial charge in [0.15, 0.2) is 5.69 Å². The summed E-state index contributed by atoms with van der Waals surface area (Å²) in [5.74, 6) is -0.435. The fourth-order valence-electron chi connectivity index (χ4n) is 3.21. The molecular formula is C20H18N2O2. The van der Waals surface area contributed by atoms with Crippen molar-refractivity contribution in [2.75, 3.05) is 0 Å². The molecular weight excluding hydrogens is 300 g/mol. The van der Waals surface area contributed by atoms with Gasteiger partial charge in [0, 0.05) is 12.3 Å². The number of hydrogen-bond acceptors (Lipinski definition) is 3. The Labute approximate surface area is 141 Å². The van der Waals surface area contributed by atoms with Crippen molar-refractivity contribution in [3.8, 4) is 11.1 Å². The van der Waals surface area contributed by atoms with Gasteiger partial charge in [-0.25, -0.2) is 9.64 Å². The standard InChI is InChI=1S/C20H18N2O2/c1-12(22-24-13(2)23)14-6-8-16-17-9-7-15(21-5)11-19(17)20(3,4)18(16)10-14/h6-11H,1-4H3. The minimum Gasteiger partial charge on any atom is -0.318 e. The number of carbonyl (C=O) groups is 1. The molecule has 4 heteroatoms. The Balaban J connectivity index is 2.10. The third-order valence-corrected chi connectivity index (χ3v) is 4.52. The summed E-state index contributed by atoms with van der Waals surface area (Å²) in [5.41, 5.74) is 6.74. The molecule has 0 fully saturated rings. The van der Waals surface area contributed by atoms with E-state index in [1.165, 1.54) is 23.6 Å². The van der Waals surface area contributed by atoms with E-state index in [-0.39, 0.29) is 5.41 Å². The highest BCUT2D eigenvalue weighted by Gasteiger charge is 2.35. The molecule has 0 N–H and O–H groups in total. The first-order valence-electron chi connectivity index (χ1n) is 7.74. The predicted molar refractivity (Wildman–Crippen MR) is 94.2 cm³/mol. The molecule has 0 bridgehead atoms. The van der Waals surface area contributed by atoms with Crippen molar-refractivity contribution in [2.45, 2.75) is 33.1 Å². The molecule has 0 radical (unpaired) electrons. The molecule has 0 aliphatic heterocycles. The van der Waals surface area contributed by atoms with E-state index in [1.807, 2.05) is 31.2 Å². The second-order valence-electron chi connectivity index (χ2n) is 6.49. The van der Waals surface area contributed by atoms with Crippen LogP contribution < -0.4 is 0 Å². The van der Waals surface area contributed by atoms with Gasteiger partial charge >= 0.3 is 5.97 Å². The van der Waals surface area contributed by atoms with E-state index in [1.54, 1.807) is 0 Å². The summed E-state index contributed by atoms with van der Waals surface area (Å²) in [6.45, 7) is 14.7. The number of nitrogens with zero attached hydrogens (tertiary/aromatic N) is 2. The van der Waals surface area contributed by atoms with Crippen molar-refractivity contribution in [3.63, 3.8) is 0 Å². The van der Waals surface area contributed by atoms with Gasteiger partial charge in [-0.2, -0.15) is 0 Å². The van der Waals surface area contributed by atoms with Crippen LogP contribution in [0.2, 0.25) is 0 Å². The van der Waals surface area contributed by atoms with Crippen LogP contribution in [0.15, 0.2) is 41.6 Å². The summed E-state index contributed by atoms with van der Waals surface area (Å²) < 4.78 is 0.